The minimum atomic E-state index is -0.275. The van der Waals surface area contributed by atoms with Gasteiger partial charge in [0.15, 0.2) is 5.65 Å². The largest absolute Gasteiger partial charge is 0.342 e. The molecular formula is C20H25N7O2. The number of benzene rings is 1. The van der Waals surface area contributed by atoms with E-state index in [1.807, 2.05) is 29.2 Å². The average Bonchev–Trinajstić information content (AvgIpc) is 3.12. The highest BCUT2D eigenvalue weighted by atomic mass is 16.2. The zero-order chi connectivity index (χ0) is 20.4. The molecule has 4 rings (SSSR count). The van der Waals surface area contributed by atoms with Gasteiger partial charge in [-0.15, -0.1) is 5.10 Å². The maximum absolute atomic E-state index is 12.3. The van der Waals surface area contributed by atoms with Gasteiger partial charge in [0.25, 0.3) is 0 Å². The fourth-order valence-electron chi connectivity index (χ4n) is 3.72. The van der Waals surface area contributed by atoms with Crippen LogP contribution in [-0.2, 0) is 9.59 Å². The molecule has 1 atom stereocenters. The summed E-state index contributed by atoms with van der Waals surface area (Å²) in [5.74, 6) is 1.26. The van der Waals surface area contributed by atoms with E-state index in [1.165, 1.54) is 0 Å². The predicted molar refractivity (Wildman–Crippen MR) is 109 cm³/mol. The molecule has 0 saturated carbocycles. The van der Waals surface area contributed by atoms with Crippen molar-refractivity contribution >= 4 is 34.3 Å². The first-order chi connectivity index (χ1) is 14.0. The molecule has 0 spiro atoms. The third-order valence-corrected chi connectivity index (χ3v) is 5.17. The Kier molecular flexibility index (Phi) is 5.28. The summed E-state index contributed by atoms with van der Waals surface area (Å²) in [6, 6.07) is 7.62. The molecule has 0 radical (unpaired) electrons. The van der Waals surface area contributed by atoms with Crippen molar-refractivity contribution in [1.29, 1.82) is 0 Å². The molecule has 2 amide bonds. The summed E-state index contributed by atoms with van der Waals surface area (Å²) < 4.78 is 1.57. The van der Waals surface area contributed by atoms with Crippen molar-refractivity contribution < 1.29 is 9.59 Å². The van der Waals surface area contributed by atoms with Crippen LogP contribution in [0, 0.1) is 12.8 Å². The lowest BCUT2D eigenvalue weighted by Crippen LogP contribution is -2.40. The molecule has 29 heavy (non-hydrogen) atoms. The minimum absolute atomic E-state index is 0.0322. The molecule has 9 heteroatoms. The lowest BCUT2D eigenvalue weighted by atomic mass is 10.00. The molecule has 0 aliphatic carbocycles. The number of fused-ring (bicyclic) bond motifs is 3. The zero-order valence-electron chi connectivity index (χ0n) is 16.7. The van der Waals surface area contributed by atoms with Crippen molar-refractivity contribution in [2.75, 3.05) is 18.5 Å². The van der Waals surface area contributed by atoms with Gasteiger partial charge in [-0.25, -0.2) is 9.97 Å². The number of hydrogen-bond donors (Lipinski definition) is 2. The number of carbonyl (C=O) groups excluding carboxylic acids is 2. The van der Waals surface area contributed by atoms with Gasteiger partial charge in [-0.2, -0.15) is 4.52 Å². The minimum Gasteiger partial charge on any atom is -0.342 e. The summed E-state index contributed by atoms with van der Waals surface area (Å²) in [5.41, 5.74) is 6.86. The van der Waals surface area contributed by atoms with Crippen LogP contribution in [0.3, 0.4) is 0 Å². The summed E-state index contributed by atoms with van der Waals surface area (Å²) >= 11 is 0. The van der Waals surface area contributed by atoms with E-state index in [1.54, 1.807) is 11.4 Å². The normalized spacial score (nSPS) is 16.9. The number of piperidine rings is 1. The Morgan fingerprint density at radius 2 is 2.03 bits per heavy atom. The lowest BCUT2D eigenvalue weighted by Gasteiger charge is -2.31. The standard InChI is InChI=1S/C20H25N7O2/c1-13-6-5-11-26(12-13)18(29)10-9-17(28)23-24-20-22-16-8-4-3-7-15(16)19-21-14(2)25-27(19)20/h3-4,7-8,13H,5-6,9-12H2,1-2H3,(H,22,24)(H,23,28)/t13-/m0/s1. The summed E-state index contributed by atoms with van der Waals surface area (Å²) in [7, 11) is 0. The van der Waals surface area contributed by atoms with Crippen molar-refractivity contribution in [3.8, 4) is 0 Å². The summed E-state index contributed by atoms with van der Waals surface area (Å²) in [6.07, 6.45) is 2.50. The second-order valence-corrected chi connectivity index (χ2v) is 7.61. The fraction of sp³-hybridized carbons (Fsp3) is 0.450. The van der Waals surface area contributed by atoms with Crippen LogP contribution in [0.2, 0.25) is 0 Å². The number of hydrogen-bond acceptors (Lipinski definition) is 6. The van der Waals surface area contributed by atoms with Crippen LogP contribution >= 0.6 is 0 Å². The van der Waals surface area contributed by atoms with Gasteiger partial charge in [0.1, 0.15) is 5.82 Å². The van der Waals surface area contributed by atoms with Crippen molar-refractivity contribution in [3.63, 3.8) is 0 Å². The molecule has 1 aliphatic rings. The van der Waals surface area contributed by atoms with Crippen LogP contribution in [-0.4, -0.2) is 49.4 Å². The van der Waals surface area contributed by atoms with E-state index >= 15 is 0 Å². The van der Waals surface area contributed by atoms with Gasteiger partial charge in [-0.1, -0.05) is 19.1 Å². The monoisotopic (exact) mass is 395 g/mol. The number of anilines is 1. The number of aryl methyl sites for hydroxylation is 1. The van der Waals surface area contributed by atoms with Gasteiger partial charge >= 0.3 is 0 Å². The molecule has 0 bridgehead atoms. The van der Waals surface area contributed by atoms with Crippen LogP contribution < -0.4 is 10.9 Å². The number of nitrogens with zero attached hydrogens (tertiary/aromatic N) is 5. The predicted octanol–water partition coefficient (Wildman–Crippen LogP) is 2.07. The number of carbonyl (C=O) groups is 2. The molecule has 1 aromatic carbocycles. The highest BCUT2D eigenvalue weighted by Gasteiger charge is 2.21. The molecule has 152 valence electrons. The number of aromatic nitrogens is 4. The smallest absolute Gasteiger partial charge is 0.245 e. The molecule has 3 aromatic rings. The van der Waals surface area contributed by atoms with Crippen LogP contribution in [0.5, 0.6) is 0 Å². The molecule has 3 heterocycles. The first kappa shape index (κ1) is 19.1. The van der Waals surface area contributed by atoms with E-state index in [0.29, 0.717) is 23.3 Å². The number of likely N-dealkylation sites (tertiary alicyclic amines) is 1. The van der Waals surface area contributed by atoms with Crippen molar-refractivity contribution in [3.05, 3.63) is 30.1 Å². The first-order valence-electron chi connectivity index (χ1n) is 9.96. The lowest BCUT2D eigenvalue weighted by molar-refractivity contribution is -0.135. The Morgan fingerprint density at radius 1 is 1.21 bits per heavy atom. The summed E-state index contributed by atoms with van der Waals surface area (Å²) in [5, 5.41) is 5.23. The van der Waals surface area contributed by atoms with E-state index < -0.39 is 0 Å². The number of hydrazine groups is 1. The van der Waals surface area contributed by atoms with Gasteiger partial charge in [-0.05, 0) is 37.8 Å². The molecule has 0 unspecified atom stereocenters. The van der Waals surface area contributed by atoms with Gasteiger partial charge < -0.3 is 4.90 Å². The first-order valence-corrected chi connectivity index (χ1v) is 9.96. The maximum Gasteiger partial charge on any atom is 0.245 e. The molecule has 9 nitrogen and oxygen atoms in total. The molecule has 1 aliphatic heterocycles. The molecule has 1 fully saturated rings. The number of amides is 2. The maximum atomic E-state index is 12.3. The third-order valence-electron chi connectivity index (χ3n) is 5.17. The Balaban J connectivity index is 1.40. The quantitative estimate of drug-likeness (QED) is 0.641. The molecule has 2 aromatic heterocycles. The third kappa shape index (κ3) is 4.13. The molecule has 2 N–H and O–H groups in total. The molecule has 1 saturated heterocycles. The van der Waals surface area contributed by atoms with E-state index in [-0.39, 0.29) is 24.7 Å². The van der Waals surface area contributed by atoms with Crippen molar-refractivity contribution in [2.45, 2.75) is 39.5 Å². The number of rotatable bonds is 5. The highest BCUT2D eigenvalue weighted by Crippen LogP contribution is 2.20. The SMILES string of the molecule is Cc1nc2c3ccccc3nc(NNC(=O)CCC(=O)N3CCC[C@H](C)C3)n2n1. The van der Waals surface area contributed by atoms with Gasteiger partial charge in [-0.3, -0.25) is 20.4 Å². The van der Waals surface area contributed by atoms with Crippen LogP contribution in [0.25, 0.3) is 16.6 Å². The Labute approximate surface area is 168 Å². The topological polar surface area (TPSA) is 105 Å². The summed E-state index contributed by atoms with van der Waals surface area (Å²) in [6.45, 7) is 5.52. The van der Waals surface area contributed by atoms with E-state index in [2.05, 4.69) is 32.8 Å². The fourth-order valence-corrected chi connectivity index (χ4v) is 3.72. The highest BCUT2D eigenvalue weighted by molar-refractivity contribution is 5.92. The van der Waals surface area contributed by atoms with Gasteiger partial charge in [0.05, 0.1) is 5.52 Å². The second-order valence-electron chi connectivity index (χ2n) is 7.61. The van der Waals surface area contributed by atoms with Crippen LogP contribution in [0.15, 0.2) is 24.3 Å². The molecular weight excluding hydrogens is 370 g/mol. The van der Waals surface area contributed by atoms with Crippen molar-refractivity contribution in [2.24, 2.45) is 5.92 Å². The Morgan fingerprint density at radius 3 is 2.86 bits per heavy atom. The Bertz CT molecular complexity index is 1060. The second kappa shape index (κ2) is 8.02. The number of para-hydroxylation sites is 1. The van der Waals surface area contributed by atoms with Crippen LogP contribution in [0.4, 0.5) is 5.95 Å². The summed E-state index contributed by atoms with van der Waals surface area (Å²) in [4.78, 5) is 35.4. The zero-order valence-corrected chi connectivity index (χ0v) is 16.7. The Hall–Kier alpha value is -3.23. The van der Waals surface area contributed by atoms with E-state index in [9.17, 15) is 9.59 Å². The average molecular weight is 395 g/mol. The van der Waals surface area contributed by atoms with Crippen LogP contribution in [0.1, 0.15) is 38.4 Å². The van der Waals surface area contributed by atoms with Gasteiger partial charge in [0.2, 0.25) is 17.8 Å². The van der Waals surface area contributed by atoms with E-state index in [0.717, 1.165) is 36.8 Å². The van der Waals surface area contributed by atoms with Crippen molar-refractivity contribution in [1.82, 2.24) is 29.9 Å². The van der Waals surface area contributed by atoms with E-state index in [4.69, 9.17) is 0 Å². The van der Waals surface area contributed by atoms with Gasteiger partial charge in [0, 0.05) is 31.3 Å². The number of nitrogens with one attached hydrogen (secondary N) is 2.